The standard InChI is InChI=1S/C15H21NO3.ClH/c1-16(2)8-7-13(17)12-5-6-14-15(11-12)19-10-4-3-9-18-14;/h5-6,11H,3-4,7-10H2,1-2H3;1H. The molecule has 1 aromatic carbocycles. The van der Waals surface area contributed by atoms with Crippen LogP contribution in [-0.4, -0.2) is 39.6 Å². The SMILES string of the molecule is C[NH+](C)CCC(=O)c1ccc2c(c1)OCCCCO2.[Cl-]. The lowest BCUT2D eigenvalue weighted by Gasteiger charge is -2.17. The molecule has 0 aliphatic carbocycles. The summed E-state index contributed by atoms with van der Waals surface area (Å²) >= 11 is 0. The Morgan fingerprint density at radius 2 is 1.80 bits per heavy atom. The van der Waals surface area contributed by atoms with Gasteiger partial charge in [0.25, 0.3) is 0 Å². The summed E-state index contributed by atoms with van der Waals surface area (Å²) in [6.07, 6.45) is 2.55. The number of Topliss-reactive ketones (excluding diaryl/α,β-unsaturated/α-hetero) is 1. The van der Waals surface area contributed by atoms with Crippen LogP contribution in [0.4, 0.5) is 0 Å². The molecule has 1 aliphatic heterocycles. The highest BCUT2D eigenvalue weighted by atomic mass is 35.5. The summed E-state index contributed by atoms with van der Waals surface area (Å²) in [5.74, 6) is 1.60. The Morgan fingerprint density at radius 1 is 1.15 bits per heavy atom. The van der Waals surface area contributed by atoms with Gasteiger partial charge in [-0.2, -0.15) is 0 Å². The number of quaternary nitrogens is 1. The van der Waals surface area contributed by atoms with Crippen LogP contribution in [0.3, 0.4) is 0 Å². The number of ketones is 1. The Bertz CT molecular complexity index is 449. The van der Waals surface area contributed by atoms with E-state index in [1.807, 2.05) is 32.3 Å². The molecule has 0 aromatic heterocycles. The van der Waals surface area contributed by atoms with E-state index in [4.69, 9.17) is 9.47 Å². The van der Waals surface area contributed by atoms with Gasteiger partial charge in [0.1, 0.15) is 0 Å². The molecule has 5 heteroatoms. The van der Waals surface area contributed by atoms with E-state index in [1.165, 1.54) is 4.90 Å². The molecule has 0 fully saturated rings. The number of carbonyl (C=O) groups excluding carboxylic acids is 1. The van der Waals surface area contributed by atoms with Crippen LogP contribution in [-0.2, 0) is 0 Å². The lowest BCUT2D eigenvalue weighted by molar-refractivity contribution is -0.857. The van der Waals surface area contributed by atoms with E-state index < -0.39 is 0 Å². The quantitative estimate of drug-likeness (QED) is 0.651. The fraction of sp³-hybridized carbons (Fsp3) is 0.533. The van der Waals surface area contributed by atoms with Crippen LogP contribution in [0.5, 0.6) is 11.5 Å². The molecule has 0 amide bonds. The molecule has 1 aliphatic rings. The van der Waals surface area contributed by atoms with Crippen LogP contribution in [0.2, 0.25) is 0 Å². The van der Waals surface area contributed by atoms with Crippen LogP contribution in [0.25, 0.3) is 0 Å². The number of ether oxygens (including phenoxy) is 2. The van der Waals surface area contributed by atoms with Gasteiger partial charge in [0.2, 0.25) is 0 Å². The number of hydrogen-bond acceptors (Lipinski definition) is 3. The summed E-state index contributed by atoms with van der Waals surface area (Å²) in [4.78, 5) is 13.4. The highest BCUT2D eigenvalue weighted by Crippen LogP contribution is 2.30. The predicted octanol–water partition coefficient (Wildman–Crippen LogP) is -2.04. The van der Waals surface area contributed by atoms with Gasteiger partial charge in [0, 0.05) is 5.56 Å². The Labute approximate surface area is 126 Å². The van der Waals surface area contributed by atoms with Gasteiger partial charge in [-0.05, 0) is 31.0 Å². The van der Waals surface area contributed by atoms with E-state index >= 15 is 0 Å². The molecule has 0 spiro atoms. The Kier molecular flexibility index (Phi) is 6.82. The van der Waals surface area contributed by atoms with E-state index in [0.29, 0.717) is 30.9 Å². The average molecular weight is 300 g/mol. The number of benzene rings is 1. The maximum absolute atomic E-state index is 12.1. The molecule has 2 rings (SSSR count). The minimum Gasteiger partial charge on any atom is -1.00 e. The van der Waals surface area contributed by atoms with Gasteiger partial charge in [0.05, 0.1) is 40.3 Å². The van der Waals surface area contributed by atoms with Crippen LogP contribution in [0.15, 0.2) is 18.2 Å². The van der Waals surface area contributed by atoms with E-state index in [0.717, 1.165) is 25.1 Å². The number of hydrogen-bond donors (Lipinski definition) is 1. The highest BCUT2D eigenvalue weighted by molar-refractivity contribution is 5.96. The molecular weight excluding hydrogens is 278 g/mol. The van der Waals surface area contributed by atoms with Crippen LogP contribution in [0.1, 0.15) is 29.6 Å². The van der Waals surface area contributed by atoms with Crippen molar-refractivity contribution in [3.63, 3.8) is 0 Å². The van der Waals surface area contributed by atoms with E-state index in [2.05, 4.69) is 0 Å². The molecule has 20 heavy (non-hydrogen) atoms. The second-order valence-corrected chi connectivity index (χ2v) is 5.20. The summed E-state index contributed by atoms with van der Waals surface area (Å²) in [5.41, 5.74) is 0.712. The summed E-state index contributed by atoms with van der Waals surface area (Å²) in [5, 5.41) is 0. The van der Waals surface area contributed by atoms with E-state index in [-0.39, 0.29) is 18.2 Å². The average Bonchev–Trinajstić information content (AvgIpc) is 2.36. The van der Waals surface area contributed by atoms with Crippen molar-refractivity contribution in [1.82, 2.24) is 0 Å². The monoisotopic (exact) mass is 299 g/mol. The molecule has 0 atom stereocenters. The molecule has 0 unspecified atom stereocenters. The summed E-state index contributed by atoms with van der Waals surface area (Å²) < 4.78 is 11.3. The third-order valence-corrected chi connectivity index (χ3v) is 3.17. The minimum atomic E-state index is 0. The predicted molar refractivity (Wildman–Crippen MR) is 73.3 cm³/mol. The van der Waals surface area contributed by atoms with Gasteiger partial charge in [0.15, 0.2) is 17.3 Å². The number of halogens is 1. The second-order valence-electron chi connectivity index (χ2n) is 5.20. The topological polar surface area (TPSA) is 40.0 Å². The highest BCUT2D eigenvalue weighted by Gasteiger charge is 2.14. The third-order valence-electron chi connectivity index (χ3n) is 3.17. The Morgan fingerprint density at radius 3 is 2.45 bits per heavy atom. The van der Waals surface area contributed by atoms with Crippen molar-refractivity contribution in [3.05, 3.63) is 23.8 Å². The van der Waals surface area contributed by atoms with Crippen LogP contribution >= 0.6 is 0 Å². The maximum Gasteiger partial charge on any atom is 0.168 e. The first-order chi connectivity index (χ1) is 9.16. The molecule has 0 saturated carbocycles. The first-order valence-corrected chi connectivity index (χ1v) is 6.88. The Balaban J connectivity index is 0.00000200. The number of rotatable bonds is 4. The zero-order valence-corrected chi connectivity index (χ0v) is 12.8. The fourth-order valence-electron chi connectivity index (χ4n) is 1.99. The van der Waals surface area contributed by atoms with Gasteiger partial charge in [-0.15, -0.1) is 0 Å². The zero-order chi connectivity index (χ0) is 13.7. The number of carbonyl (C=O) groups is 1. The van der Waals surface area contributed by atoms with E-state index in [9.17, 15) is 4.79 Å². The zero-order valence-electron chi connectivity index (χ0n) is 12.1. The van der Waals surface area contributed by atoms with Crippen molar-refractivity contribution in [2.75, 3.05) is 33.9 Å². The smallest absolute Gasteiger partial charge is 0.168 e. The van der Waals surface area contributed by atoms with Gasteiger partial charge < -0.3 is 26.8 Å². The van der Waals surface area contributed by atoms with Crippen molar-refractivity contribution in [1.29, 1.82) is 0 Å². The first kappa shape index (κ1) is 16.8. The Hall–Kier alpha value is -1.26. The first-order valence-electron chi connectivity index (χ1n) is 6.88. The minimum absolute atomic E-state index is 0. The number of nitrogens with one attached hydrogen (secondary N) is 1. The molecule has 0 saturated heterocycles. The molecular formula is C15H22ClNO3. The largest absolute Gasteiger partial charge is 1.00 e. The normalized spacial score (nSPS) is 14.2. The van der Waals surface area contributed by atoms with Gasteiger partial charge in [-0.1, -0.05) is 0 Å². The van der Waals surface area contributed by atoms with Crippen molar-refractivity contribution < 1.29 is 31.6 Å². The van der Waals surface area contributed by atoms with Gasteiger partial charge >= 0.3 is 0 Å². The van der Waals surface area contributed by atoms with Crippen molar-refractivity contribution in [2.24, 2.45) is 0 Å². The summed E-state index contributed by atoms with van der Waals surface area (Å²) in [7, 11) is 4.09. The lowest BCUT2D eigenvalue weighted by atomic mass is 10.1. The molecule has 1 aromatic rings. The summed E-state index contributed by atoms with van der Waals surface area (Å²) in [6.45, 7) is 2.25. The lowest BCUT2D eigenvalue weighted by Crippen LogP contribution is -3.05. The molecule has 0 radical (unpaired) electrons. The van der Waals surface area contributed by atoms with Gasteiger partial charge in [-0.3, -0.25) is 4.79 Å². The van der Waals surface area contributed by atoms with Gasteiger partial charge in [-0.25, -0.2) is 0 Å². The van der Waals surface area contributed by atoms with E-state index in [1.54, 1.807) is 0 Å². The third kappa shape index (κ3) is 4.69. The maximum atomic E-state index is 12.1. The summed E-state index contributed by atoms with van der Waals surface area (Å²) in [6, 6.07) is 5.49. The number of fused-ring (bicyclic) bond motifs is 1. The van der Waals surface area contributed by atoms with Crippen molar-refractivity contribution in [3.8, 4) is 11.5 Å². The molecule has 0 bridgehead atoms. The second kappa shape index (κ2) is 8.12. The molecule has 1 N–H and O–H groups in total. The molecule has 4 nitrogen and oxygen atoms in total. The van der Waals surface area contributed by atoms with Crippen LogP contribution < -0.4 is 26.8 Å². The molecule has 112 valence electrons. The van der Waals surface area contributed by atoms with Crippen molar-refractivity contribution in [2.45, 2.75) is 19.3 Å². The van der Waals surface area contributed by atoms with Crippen molar-refractivity contribution >= 4 is 5.78 Å². The molecule has 1 heterocycles. The fourth-order valence-corrected chi connectivity index (χ4v) is 1.99. The van der Waals surface area contributed by atoms with Crippen LogP contribution in [0, 0.1) is 0 Å².